The van der Waals surface area contributed by atoms with Crippen LogP contribution in [0.15, 0.2) is 24.4 Å². The molecule has 2 aromatic rings. The number of carbonyl (C=O) groups is 2. The molecule has 0 fully saturated rings. The van der Waals surface area contributed by atoms with Gasteiger partial charge in [0.05, 0.1) is 5.52 Å². The van der Waals surface area contributed by atoms with E-state index in [-0.39, 0.29) is 12.4 Å². The van der Waals surface area contributed by atoms with E-state index in [1.807, 2.05) is 32.9 Å². The van der Waals surface area contributed by atoms with Crippen molar-refractivity contribution in [3.63, 3.8) is 0 Å². The van der Waals surface area contributed by atoms with Crippen LogP contribution in [-0.4, -0.2) is 27.2 Å². The molecule has 0 saturated heterocycles. The quantitative estimate of drug-likeness (QED) is 0.626. The first-order chi connectivity index (χ1) is 8.90. The summed E-state index contributed by atoms with van der Waals surface area (Å²) in [4.78, 5) is 26.9. The number of imidazole rings is 1. The molecule has 0 aliphatic heterocycles. The van der Waals surface area contributed by atoms with Crippen LogP contribution < -0.4 is 0 Å². The van der Waals surface area contributed by atoms with Crippen molar-refractivity contribution in [2.45, 2.75) is 32.8 Å². The fraction of sp³-hybridized carbons (Fsp3) is 0.357. The maximum atomic E-state index is 11.8. The van der Waals surface area contributed by atoms with Crippen LogP contribution in [0.2, 0.25) is 0 Å². The first-order valence-corrected chi connectivity index (χ1v) is 6.04. The summed E-state index contributed by atoms with van der Waals surface area (Å²) in [5.41, 5.74) is 0.493. The van der Waals surface area contributed by atoms with E-state index in [1.54, 1.807) is 16.7 Å². The van der Waals surface area contributed by atoms with Crippen molar-refractivity contribution < 1.29 is 14.3 Å². The van der Waals surface area contributed by atoms with Crippen molar-refractivity contribution in [1.29, 1.82) is 0 Å². The largest absolute Gasteiger partial charge is 0.460 e. The summed E-state index contributed by atoms with van der Waals surface area (Å²) in [6.07, 6.45) is 2.50. The average molecular weight is 260 g/mol. The summed E-state index contributed by atoms with van der Waals surface area (Å²) >= 11 is 0. The van der Waals surface area contributed by atoms with Gasteiger partial charge in [-0.05, 0) is 32.9 Å². The van der Waals surface area contributed by atoms with E-state index in [1.165, 1.54) is 0 Å². The summed E-state index contributed by atoms with van der Waals surface area (Å²) in [6.45, 7) is 5.43. The first-order valence-electron chi connectivity index (χ1n) is 6.04. The lowest BCUT2D eigenvalue weighted by atomic mass is 10.2. The molecule has 0 radical (unpaired) electrons. The van der Waals surface area contributed by atoms with Crippen LogP contribution in [0.3, 0.4) is 0 Å². The number of pyridine rings is 1. The summed E-state index contributed by atoms with van der Waals surface area (Å²) < 4.78 is 6.98. The molecule has 0 aromatic carbocycles. The Balaban J connectivity index is 2.31. The topological polar surface area (TPSA) is 60.7 Å². The van der Waals surface area contributed by atoms with E-state index < -0.39 is 5.60 Å². The van der Waals surface area contributed by atoms with Crippen LogP contribution in [0, 0.1) is 0 Å². The monoisotopic (exact) mass is 260 g/mol. The molecule has 0 N–H and O–H groups in total. The summed E-state index contributed by atoms with van der Waals surface area (Å²) in [5, 5.41) is 0. The van der Waals surface area contributed by atoms with E-state index >= 15 is 0 Å². The molecule has 0 saturated carbocycles. The van der Waals surface area contributed by atoms with Crippen LogP contribution in [0.4, 0.5) is 0 Å². The molecule has 19 heavy (non-hydrogen) atoms. The van der Waals surface area contributed by atoms with E-state index in [4.69, 9.17) is 4.74 Å². The molecular formula is C14H16N2O3. The zero-order valence-electron chi connectivity index (χ0n) is 11.2. The second-order valence-electron chi connectivity index (χ2n) is 5.25. The first kappa shape index (κ1) is 13.3. The van der Waals surface area contributed by atoms with Crippen molar-refractivity contribution in [3.05, 3.63) is 35.9 Å². The number of nitrogens with zero attached hydrogens (tertiary/aromatic N) is 2. The van der Waals surface area contributed by atoms with Gasteiger partial charge in [-0.15, -0.1) is 0 Å². The predicted molar refractivity (Wildman–Crippen MR) is 70.1 cm³/mol. The minimum atomic E-state index is -0.530. The number of aromatic nitrogens is 2. The predicted octanol–water partition coefficient (Wildman–Crippen LogP) is 2.03. The maximum absolute atomic E-state index is 11.8. The van der Waals surface area contributed by atoms with Gasteiger partial charge < -0.3 is 9.14 Å². The van der Waals surface area contributed by atoms with Gasteiger partial charge >= 0.3 is 5.97 Å². The van der Waals surface area contributed by atoms with Crippen molar-refractivity contribution in [2.24, 2.45) is 0 Å². The summed E-state index contributed by atoms with van der Waals surface area (Å²) in [5.74, 6) is 0.146. The van der Waals surface area contributed by atoms with Gasteiger partial charge in [-0.2, -0.15) is 0 Å². The molecule has 0 bridgehead atoms. The van der Waals surface area contributed by atoms with Crippen LogP contribution in [-0.2, 0) is 16.0 Å². The van der Waals surface area contributed by atoms with Gasteiger partial charge in [0.25, 0.3) is 0 Å². The van der Waals surface area contributed by atoms with Gasteiger partial charge in [-0.3, -0.25) is 9.59 Å². The Morgan fingerprint density at radius 3 is 2.79 bits per heavy atom. The Morgan fingerprint density at radius 2 is 2.16 bits per heavy atom. The standard InChI is InChI=1S/C14H16N2O3/c1-14(2,3)19-13(18)8-12-15-10(9-17)11-6-4-5-7-16(11)12/h4-7,9H,8H2,1-3H3. The molecule has 100 valence electrons. The maximum Gasteiger partial charge on any atom is 0.313 e. The van der Waals surface area contributed by atoms with Crippen LogP contribution in [0.1, 0.15) is 37.1 Å². The fourth-order valence-corrected chi connectivity index (χ4v) is 1.85. The number of ether oxygens (including phenoxy) is 1. The van der Waals surface area contributed by atoms with E-state index in [2.05, 4.69) is 4.98 Å². The normalized spacial score (nSPS) is 11.5. The van der Waals surface area contributed by atoms with Gasteiger partial charge in [0, 0.05) is 6.20 Å². The van der Waals surface area contributed by atoms with Crippen LogP contribution in [0.25, 0.3) is 5.52 Å². The van der Waals surface area contributed by atoms with Gasteiger partial charge in [0.15, 0.2) is 6.29 Å². The minimum Gasteiger partial charge on any atom is -0.460 e. The number of esters is 1. The highest BCUT2D eigenvalue weighted by Gasteiger charge is 2.19. The molecule has 0 aliphatic carbocycles. The molecule has 2 aromatic heterocycles. The molecule has 0 aliphatic rings. The Kier molecular flexibility index (Phi) is 3.38. The second kappa shape index (κ2) is 4.84. The summed E-state index contributed by atoms with van der Waals surface area (Å²) in [6, 6.07) is 5.43. The third-order valence-electron chi connectivity index (χ3n) is 2.48. The Morgan fingerprint density at radius 1 is 1.42 bits per heavy atom. The number of fused-ring (bicyclic) bond motifs is 1. The summed E-state index contributed by atoms with van der Waals surface area (Å²) in [7, 11) is 0. The number of hydrogen-bond donors (Lipinski definition) is 0. The van der Waals surface area contributed by atoms with Gasteiger partial charge in [-0.25, -0.2) is 4.98 Å². The van der Waals surface area contributed by atoms with Crippen LogP contribution in [0.5, 0.6) is 0 Å². The zero-order valence-corrected chi connectivity index (χ0v) is 11.2. The number of hydrogen-bond acceptors (Lipinski definition) is 4. The number of carbonyl (C=O) groups excluding carboxylic acids is 2. The van der Waals surface area contributed by atoms with Crippen molar-refractivity contribution in [1.82, 2.24) is 9.38 Å². The lowest BCUT2D eigenvalue weighted by molar-refractivity contribution is -0.154. The van der Waals surface area contributed by atoms with Crippen molar-refractivity contribution >= 4 is 17.8 Å². The van der Waals surface area contributed by atoms with E-state index in [0.717, 1.165) is 0 Å². The molecule has 5 nitrogen and oxygen atoms in total. The highest BCUT2D eigenvalue weighted by atomic mass is 16.6. The molecule has 2 rings (SSSR count). The molecule has 5 heteroatoms. The van der Waals surface area contributed by atoms with Gasteiger partial charge in [0.2, 0.25) is 0 Å². The van der Waals surface area contributed by atoms with E-state index in [9.17, 15) is 9.59 Å². The molecule has 0 unspecified atom stereocenters. The molecule has 0 amide bonds. The highest BCUT2D eigenvalue weighted by molar-refractivity contribution is 5.84. The fourth-order valence-electron chi connectivity index (χ4n) is 1.85. The minimum absolute atomic E-state index is 0.0380. The second-order valence-corrected chi connectivity index (χ2v) is 5.25. The lowest BCUT2D eigenvalue weighted by Crippen LogP contribution is -2.25. The Bertz CT molecular complexity index is 623. The SMILES string of the molecule is CC(C)(C)OC(=O)Cc1nc(C=O)c2ccccn12. The van der Waals surface area contributed by atoms with E-state index in [0.29, 0.717) is 23.3 Å². The average Bonchev–Trinajstić information content (AvgIpc) is 2.65. The smallest absolute Gasteiger partial charge is 0.313 e. The zero-order chi connectivity index (χ0) is 14.0. The molecule has 2 heterocycles. The van der Waals surface area contributed by atoms with Gasteiger partial charge in [0.1, 0.15) is 23.5 Å². The highest BCUT2D eigenvalue weighted by Crippen LogP contribution is 2.14. The van der Waals surface area contributed by atoms with Gasteiger partial charge in [-0.1, -0.05) is 6.07 Å². The van der Waals surface area contributed by atoms with Crippen molar-refractivity contribution in [3.8, 4) is 0 Å². The third kappa shape index (κ3) is 2.99. The third-order valence-corrected chi connectivity index (χ3v) is 2.48. The molecular weight excluding hydrogens is 244 g/mol. The van der Waals surface area contributed by atoms with Crippen molar-refractivity contribution in [2.75, 3.05) is 0 Å². The van der Waals surface area contributed by atoms with Crippen LogP contribution >= 0.6 is 0 Å². The Labute approximate surface area is 111 Å². The number of rotatable bonds is 3. The Hall–Kier alpha value is -2.17. The lowest BCUT2D eigenvalue weighted by Gasteiger charge is -2.19. The molecule has 0 atom stereocenters. The molecule has 0 spiro atoms. The number of aldehydes is 1.